The summed E-state index contributed by atoms with van der Waals surface area (Å²) in [6, 6.07) is 7.66. The third kappa shape index (κ3) is 3.94. The molecule has 1 amide bonds. The van der Waals surface area contributed by atoms with Gasteiger partial charge in [-0.3, -0.25) is 9.78 Å². The lowest BCUT2D eigenvalue weighted by atomic mass is 10.0. The predicted molar refractivity (Wildman–Crippen MR) is 102 cm³/mol. The summed E-state index contributed by atoms with van der Waals surface area (Å²) in [7, 11) is 0. The van der Waals surface area contributed by atoms with Gasteiger partial charge in [-0.2, -0.15) is 0 Å². The van der Waals surface area contributed by atoms with Crippen LogP contribution < -0.4 is 10.1 Å². The van der Waals surface area contributed by atoms with Crippen LogP contribution in [0.25, 0.3) is 16.5 Å². The van der Waals surface area contributed by atoms with Crippen LogP contribution in [-0.4, -0.2) is 17.5 Å². The van der Waals surface area contributed by atoms with Crippen molar-refractivity contribution in [2.45, 2.75) is 27.3 Å². The summed E-state index contributed by atoms with van der Waals surface area (Å²) in [6.07, 6.45) is 6.76. The fourth-order valence-electron chi connectivity index (χ4n) is 2.78. The summed E-state index contributed by atoms with van der Waals surface area (Å²) in [5, 5.41) is 3.90. The normalized spacial score (nSPS) is 11.6. The van der Waals surface area contributed by atoms with E-state index in [4.69, 9.17) is 9.15 Å². The van der Waals surface area contributed by atoms with Gasteiger partial charge in [-0.25, -0.2) is 0 Å². The van der Waals surface area contributed by atoms with E-state index in [0.717, 1.165) is 33.2 Å². The summed E-state index contributed by atoms with van der Waals surface area (Å²) in [6.45, 7) is 6.81. The van der Waals surface area contributed by atoms with Gasteiger partial charge in [0, 0.05) is 42.0 Å². The summed E-state index contributed by atoms with van der Waals surface area (Å²) in [5.74, 6) is 0.556. The maximum Gasteiger partial charge on any atom is 0.244 e. The van der Waals surface area contributed by atoms with Gasteiger partial charge in [-0.1, -0.05) is 6.07 Å². The van der Waals surface area contributed by atoms with Crippen molar-refractivity contribution >= 4 is 22.4 Å². The highest BCUT2D eigenvalue weighted by atomic mass is 16.5. The molecule has 134 valence electrons. The molecular formula is C21H22N2O3. The van der Waals surface area contributed by atoms with E-state index < -0.39 is 0 Å². The lowest BCUT2D eigenvalue weighted by molar-refractivity contribution is -0.116. The van der Waals surface area contributed by atoms with Crippen LogP contribution in [0.15, 0.2) is 53.4 Å². The second kappa shape index (κ2) is 7.87. The van der Waals surface area contributed by atoms with Crippen molar-refractivity contribution < 1.29 is 13.9 Å². The number of hydrogen-bond acceptors (Lipinski definition) is 4. The third-order valence-electron chi connectivity index (χ3n) is 4.13. The average Bonchev–Trinajstić information content (AvgIpc) is 3.00. The van der Waals surface area contributed by atoms with Crippen molar-refractivity contribution in [3.63, 3.8) is 0 Å². The van der Waals surface area contributed by atoms with Crippen molar-refractivity contribution in [1.29, 1.82) is 0 Å². The van der Waals surface area contributed by atoms with E-state index in [9.17, 15) is 4.79 Å². The van der Waals surface area contributed by atoms with Crippen LogP contribution in [0.1, 0.15) is 30.5 Å². The van der Waals surface area contributed by atoms with Crippen molar-refractivity contribution in [2.24, 2.45) is 0 Å². The molecule has 0 spiro atoms. The number of carbonyl (C=O) groups excluding carboxylic acids is 1. The molecule has 2 heterocycles. The SMILES string of the molecule is CCOc1cc2occ(C)c2cc1/C(C)=C/C(=O)NCc1cccnc1. The van der Waals surface area contributed by atoms with Gasteiger partial charge in [0.2, 0.25) is 5.91 Å². The molecule has 0 aliphatic rings. The Kier molecular flexibility index (Phi) is 5.37. The Morgan fingerprint density at radius 1 is 1.38 bits per heavy atom. The minimum absolute atomic E-state index is 0.155. The van der Waals surface area contributed by atoms with E-state index in [1.54, 1.807) is 24.7 Å². The zero-order chi connectivity index (χ0) is 18.5. The lowest BCUT2D eigenvalue weighted by Gasteiger charge is -2.11. The minimum atomic E-state index is -0.155. The van der Waals surface area contributed by atoms with Gasteiger partial charge in [0.1, 0.15) is 11.3 Å². The number of amides is 1. The smallest absolute Gasteiger partial charge is 0.244 e. The summed E-state index contributed by atoms with van der Waals surface area (Å²) in [4.78, 5) is 16.3. The van der Waals surface area contributed by atoms with Crippen molar-refractivity contribution in [3.8, 4) is 5.75 Å². The zero-order valence-electron chi connectivity index (χ0n) is 15.2. The molecule has 3 rings (SSSR count). The van der Waals surface area contributed by atoms with Gasteiger partial charge in [-0.15, -0.1) is 0 Å². The molecule has 0 aliphatic heterocycles. The second-order valence-corrected chi connectivity index (χ2v) is 6.10. The van der Waals surface area contributed by atoms with Crippen LogP contribution in [-0.2, 0) is 11.3 Å². The molecule has 0 radical (unpaired) electrons. The van der Waals surface area contributed by atoms with Crippen LogP contribution in [0.3, 0.4) is 0 Å². The third-order valence-corrected chi connectivity index (χ3v) is 4.13. The number of ether oxygens (including phenoxy) is 1. The molecule has 0 bridgehead atoms. The Morgan fingerprint density at radius 3 is 2.96 bits per heavy atom. The number of furan rings is 1. The number of allylic oxidation sites excluding steroid dienone is 1. The number of rotatable bonds is 6. The molecule has 0 unspecified atom stereocenters. The molecule has 0 fully saturated rings. The Bertz CT molecular complexity index is 943. The fraction of sp³-hybridized carbons (Fsp3) is 0.238. The Morgan fingerprint density at radius 2 is 2.23 bits per heavy atom. The van der Waals surface area contributed by atoms with Crippen molar-refractivity contribution in [2.75, 3.05) is 6.61 Å². The number of carbonyl (C=O) groups is 1. The number of hydrogen-bond donors (Lipinski definition) is 1. The van der Waals surface area contributed by atoms with Crippen LogP contribution >= 0.6 is 0 Å². The first-order valence-electron chi connectivity index (χ1n) is 8.58. The highest BCUT2D eigenvalue weighted by Gasteiger charge is 2.12. The van der Waals surface area contributed by atoms with Gasteiger partial charge in [0.15, 0.2) is 0 Å². The topological polar surface area (TPSA) is 64.4 Å². The minimum Gasteiger partial charge on any atom is -0.493 e. The van der Waals surface area contributed by atoms with Crippen LogP contribution in [0, 0.1) is 6.92 Å². The van der Waals surface area contributed by atoms with E-state index in [1.807, 2.05) is 45.0 Å². The van der Waals surface area contributed by atoms with E-state index in [1.165, 1.54) is 0 Å². The molecule has 1 aromatic carbocycles. The van der Waals surface area contributed by atoms with E-state index in [0.29, 0.717) is 18.9 Å². The van der Waals surface area contributed by atoms with Crippen LogP contribution in [0.4, 0.5) is 0 Å². The monoisotopic (exact) mass is 350 g/mol. The number of aromatic nitrogens is 1. The standard InChI is InChI=1S/C21H22N2O3/c1-4-25-19-10-20-18(15(3)13-26-20)9-17(19)14(2)8-21(24)23-12-16-6-5-7-22-11-16/h5-11,13H,4,12H2,1-3H3,(H,23,24)/b14-8+. The summed E-state index contributed by atoms with van der Waals surface area (Å²) >= 11 is 0. The number of aryl methyl sites for hydroxylation is 1. The molecule has 3 aromatic rings. The number of pyridine rings is 1. The van der Waals surface area contributed by atoms with Crippen LogP contribution in [0.5, 0.6) is 5.75 Å². The molecule has 0 saturated carbocycles. The first kappa shape index (κ1) is 17.7. The maximum absolute atomic E-state index is 12.3. The molecule has 26 heavy (non-hydrogen) atoms. The van der Waals surface area contributed by atoms with Gasteiger partial charge >= 0.3 is 0 Å². The quantitative estimate of drug-likeness (QED) is 0.675. The zero-order valence-corrected chi connectivity index (χ0v) is 15.2. The molecular weight excluding hydrogens is 328 g/mol. The summed E-state index contributed by atoms with van der Waals surface area (Å²) in [5.41, 5.74) is 4.51. The van der Waals surface area contributed by atoms with Crippen molar-refractivity contribution in [1.82, 2.24) is 10.3 Å². The first-order valence-corrected chi connectivity index (χ1v) is 8.58. The molecule has 2 aromatic heterocycles. The number of fused-ring (bicyclic) bond motifs is 1. The Balaban J connectivity index is 1.83. The molecule has 1 N–H and O–H groups in total. The van der Waals surface area contributed by atoms with Gasteiger partial charge in [0.25, 0.3) is 0 Å². The summed E-state index contributed by atoms with van der Waals surface area (Å²) < 4.78 is 11.3. The van der Waals surface area contributed by atoms with Crippen LogP contribution in [0.2, 0.25) is 0 Å². The maximum atomic E-state index is 12.3. The van der Waals surface area contributed by atoms with E-state index >= 15 is 0 Å². The number of nitrogens with zero attached hydrogens (tertiary/aromatic N) is 1. The van der Waals surface area contributed by atoms with Crippen molar-refractivity contribution in [3.05, 3.63) is 65.7 Å². The Labute approximate surface area is 152 Å². The lowest BCUT2D eigenvalue weighted by Crippen LogP contribution is -2.20. The molecule has 0 saturated heterocycles. The molecule has 0 atom stereocenters. The first-order chi connectivity index (χ1) is 12.6. The number of nitrogens with one attached hydrogen (secondary N) is 1. The molecule has 5 nitrogen and oxygen atoms in total. The second-order valence-electron chi connectivity index (χ2n) is 6.10. The Hall–Kier alpha value is -3.08. The van der Waals surface area contributed by atoms with E-state index in [-0.39, 0.29) is 5.91 Å². The van der Waals surface area contributed by atoms with Gasteiger partial charge < -0.3 is 14.5 Å². The highest BCUT2D eigenvalue weighted by molar-refractivity contribution is 5.97. The largest absolute Gasteiger partial charge is 0.493 e. The number of benzene rings is 1. The van der Waals surface area contributed by atoms with Gasteiger partial charge in [-0.05, 0) is 49.6 Å². The van der Waals surface area contributed by atoms with Gasteiger partial charge in [0.05, 0.1) is 12.9 Å². The molecule has 5 heteroatoms. The molecule has 0 aliphatic carbocycles. The highest BCUT2D eigenvalue weighted by Crippen LogP contribution is 2.33. The van der Waals surface area contributed by atoms with E-state index in [2.05, 4.69) is 10.3 Å². The predicted octanol–water partition coefficient (Wildman–Crippen LogP) is 4.25. The average molecular weight is 350 g/mol. The fourth-order valence-corrected chi connectivity index (χ4v) is 2.78.